The first-order valence-electron chi connectivity index (χ1n) is 5.44. The molecule has 94 valence electrons. The zero-order valence-corrected chi connectivity index (χ0v) is 9.61. The Morgan fingerprint density at radius 2 is 2.24 bits per heavy atom. The van der Waals surface area contributed by atoms with E-state index in [-0.39, 0.29) is 18.2 Å². The van der Waals surface area contributed by atoms with Gasteiger partial charge in [0.2, 0.25) is 0 Å². The second-order valence-electron chi connectivity index (χ2n) is 3.88. The van der Waals surface area contributed by atoms with E-state index in [1.165, 1.54) is 12.1 Å². The molecule has 0 spiro atoms. The Kier molecular flexibility index (Phi) is 4.90. The Morgan fingerprint density at radius 3 is 2.82 bits per heavy atom. The molecule has 17 heavy (non-hydrogen) atoms. The molecule has 1 atom stereocenters. The van der Waals surface area contributed by atoms with Crippen LogP contribution in [-0.2, 0) is 4.79 Å². The van der Waals surface area contributed by atoms with E-state index in [4.69, 9.17) is 5.11 Å². The van der Waals surface area contributed by atoms with Gasteiger partial charge in [-0.05, 0) is 26.0 Å². The molecule has 0 saturated carbocycles. The molecule has 5 heteroatoms. The average molecular weight is 241 g/mol. The number of phenolic OH excluding ortho intramolecular Hbond substituents is 1. The quantitative estimate of drug-likeness (QED) is 0.667. The largest absolute Gasteiger partial charge is 0.508 e. The third-order valence-corrected chi connectivity index (χ3v) is 2.48. The summed E-state index contributed by atoms with van der Waals surface area (Å²) >= 11 is 0. The third kappa shape index (κ3) is 4.40. The molecule has 1 unspecified atom stereocenters. The first-order chi connectivity index (χ1) is 8.00. The van der Waals surface area contributed by atoms with Gasteiger partial charge in [-0.3, -0.25) is 4.79 Å². The number of aromatic hydroxyl groups is 1. The minimum atomic E-state index is -0.830. The highest BCUT2D eigenvalue weighted by Crippen LogP contribution is 2.24. The molecule has 0 bridgehead atoms. The van der Waals surface area contributed by atoms with Crippen LogP contribution in [0.1, 0.15) is 31.4 Å². The van der Waals surface area contributed by atoms with Crippen molar-refractivity contribution >= 4 is 5.97 Å². The molecule has 1 aromatic carbocycles. The van der Waals surface area contributed by atoms with E-state index >= 15 is 0 Å². The summed E-state index contributed by atoms with van der Waals surface area (Å²) in [5.74, 6) is -1.41. The minimum absolute atomic E-state index is 0.0942. The first kappa shape index (κ1) is 13.4. The number of hydrogen-bond donors (Lipinski definition) is 3. The van der Waals surface area contributed by atoms with Crippen molar-refractivity contribution in [2.75, 3.05) is 6.54 Å². The summed E-state index contributed by atoms with van der Waals surface area (Å²) in [4.78, 5) is 10.3. The Hall–Kier alpha value is -1.62. The maximum Gasteiger partial charge on any atom is 0.303 e. The molecule has 4 nitrogen and oxygen atoms in total. The van der Waals surface area contributed by atoms with Gasteiger partial charge in [0, 0.05) is 24.1 Å². The number of halogens is 1. The van der Waals surface area contributed by atoms with E-state index in [2.05, 4.69) is 5.32 Å². The van der Waals surface area contributed by atoms with Gasteiger partial charge in [0.05, 0.1) is 0 Å². The summed E-state index contributed by atoms with van der Waals surface area (Å²) in [6.45, 7) is 2.36. The van der Waals surface area contributed by atoms with Gasteiger partial charge in [0.15, 0.2) is 0 Å². The Bertz CT molecular complexity index is 395. The smallest absolute Gasteiger partial charge is 0.303 e. The van der Waals surface area contributed by atoms with Gasteiger partial charge in [-0.2, -0.15) is 0 Å². The maximum absolute atomic E-state index is 12.8. The van der Waals surface area contributed by atoms with E-state index in [9.17, 15) is 14.3 Å². The number of nitrogens with one attached hydrogen (secondary N) is 1. The lowest BCUT2D eigenvalue weighted by Gasteiger charge is -2.15. The zero-order valence-electron chi connectivity index (χ0n) is 9.61. The van der Waals surface area contributed by atoms with Crippen molar-refractivity contribution in [3.8, 4) is 5.75 Å². The lowest BCUT2D eigenvalue weighted by atomic mass is 10.1. The first-order valence-corrected chi connectivity index (χ1v) is 5.44. The van der Waals surface area contributed by atoms with Gasteiger partial charge in [-0.25, -0.2) is 4.39 Å². The average Bonchev–Trinajstić information content (AvgIpc) is 2.23. The molecule has 0 aliphatic rings. The SMILES string of the molecule is CC(NCCCC(=O)O)c1ccc(F)cc1O. The molecular weight excluding hydrogens is 225 g/mol. The van der Waals surface area contributed by atoms with Crippen LogP contribution in [0.3, 0.4) is 0 Å². The Labute approximate surface area is 99.1 Å². The fraction of sp³-hybridized carbons (Fsp3) is 0.417. The second kappa shape index (κ2) is 6.20. The fourth-order valence-corrected chi connectivity index (χ4v) is 1.55. The van der Waals surface area contributed by atoms with Crippen LogP contribution in [0, 0.1) is 5.82 Å². The predicted molar refractivity (Wildman–Crippen MR) is 61.4 cm³/mol. The van der Waals surface area contributed by atoms with Gasteiger partial charge < -0.3 is 15.5 Å². The highest BCUT2D eigenvalue weighted by atomic mass is 19.1. The topological polar surface area (TPSA) is 69.6 Å². The monoisotopic (exact) mass is 241 g/mol. The lowest BCUT2D eigenvalue weighted by Crippen LogP contribution is -2.20. The van der Waals surface area contributed by atoms with Crippen LogP contribution < -0.4 is 5.32 Å². The van der Waals surface area contributed by atoms with Gasteiger partial charge >= 0.3 is 5.97 Å². The second-order valence-corrected chi connectivity index (χ2v) is 3.88. The summed E-state index contributed by atoms with van der Waals surface area (Å²) in [6, 6.07) is 3.71. The number of phenols is 1. The standard InChI is InChI=1S/C12H16FNO3/c1-8(14-6-2-3-12(16)17)10-5-4-9(13)7-11(10)15/h4-5,7-8,14-15H,2-3,6H2,1H3,(H,16,17). The normalized spacial score (nSPS) is 12.4. The molecule has 0 radical (unpaired) electrons. The predicted octanol–water partition coefficient (Wildman–Crippen LogP) is 2.05. The van der Waals surface area contributed by atoms with Crippen molar-refractivity contribution in [1.29, 1.82) is 0 Å². The maximum atomic E-state index is 12.8. The Balaban J connectivity index is 2.46. The number of carboxylic acid groups (broad SMARTS) is 1. The summed E-state index contributed by atoms with van der Waals surface area (Å²) in [7, 11) is 0. The molecule has 0 aliphatic heterocycles. The van der Waals surface area contributed by atoms with E-state index in [0.717, 1.165) is 6.07 Å². The highest BCUT2D eigenvalue weighted by Gasteiger charge is 2.10. The van der Waals surface area contributed by atoms with Crippen LogP contribution in [0.4, 0.5) is 4.39 Å². The number of benzene rings is 1. The highest BCUT2D eigenvalue weighted by molar-refractivity contribution is 5.66. The van der Waals surface area contributed by atoms with Gasteiger partial charge in [-0.1, -0.05) is 6.07 Å². The fourth-order valence-electron chi connectivity index (χ4n) is 1.55. The van der Waals surface area contributed by atoms with E-state index in [1.54, 1.807) is 0 Å². The van der Waals surface area contributed by atoms with E-state index < -0.39 is 11.8 Å². The Morgan fingerprint density at radius 1 is 1.53 bits per heavy atom. The van der Waals surface area contributed by atoms with Crippen molar-refractivity contribution in [2.45, 2.75) is 25.8 Å². The molecule has 0 aliphatic carbocycles. The number of hydrogen-bond acceptors (Lipinski definition) is 3. The van der Waals surface area contributed by atoms with Crippen molar-refractivity contribution in [1.82, 2.24) is 5.32 Å². The van der Waals surface area contributed by atoms with Crippen LogP contribution in [-0.4, -0.2) is 22.7 Å². The van der Waals surface area contributed by atoms with Crippen molar-refractivity contribution < 1.29 is 19.4 Å². The van der Waals surface area contributed by atoms with Crippen LogP contribution >= 0.6 is 0 Å². The molecule has 1 rings (SSSR count). The molecule has 0 fully saturated rings. The lowest BCUT2D eigenvalue weighted by molar-refractivity contribution is -0.137. The number of carboxylic acids is 1. The van der Waals surface area contributed by atoms with Crippen LogP contribution in [0.5, 0.6) is 5.75 Å². The van der Waals surface area contributed by atoms with E-state index in [0.29, 0.717) is 18.5 Å². The molecular formula is C12H16FNO3. The molecule has 0 aromatic heterocycles. The van der Waals surface area contributed by atoms with Crippen LogP contribution in [0.2, 0.25) is 0 Å². The molecule has 1 aromatic rings. The van der Waals surface area contributed by atoms with Gasteiger partial charge in [-0.15, -0.1) is 0 Å². The van der Waals surface area contributed by atoms with E-state index in [1.807, 2.05) is 6.92 Å². The van der Waals surface area contributed by atoms with Gasteiger partial charge in [0.1, 0.15) is 11.6 Å². The zero-order chi connectivity index (χ0) is 12.8. The van der Waals surface area contributed by atoms with Crippen molar-refractivity contribution in [2.24, 2.45) is 0 Å². The third-order valence-electron chi connectivity index (χ3n) is 2.48. The van der Waals surface area contributed by atoms with Gasteiger partial charge in [0.25, 0.3) is 0 Å². The molecule has 0 heterocycles. The van der Waals surface area contributed by atoms with Crippen molar-refractivity contribution in [3.05, 3.63) is 29.6 Å². The summed E-state index contributed by atoms with van der Waals surface area (Å²) in [6.07, 6.45) is 0.622. The number of carbonyl (C=O) groups is 1. The van der Waals surface area contributed by atoms with Crippen LogP contribution in [0.25, 0.3) is 0 Å². The molecule has 3 N–H and O–H groups in total. The summed E-state index contributed by atoms with van der Waals surface area (Å²) in [5, 5.41) is 21.1. The molecule has 0 amide bonds. The molecule has 0 saturated heterocycles. The minimum Gasteiger partial charge on any atom is -0.508 e. The van der Waals surface area contributed by atoms with Crippen LogP contribution in [0.15, 0.2) is 18.2 Å². The summed E-state index contributed by atoms with van der Waals surface area (Å²) in [5.41, 5.74) is 0.599. The number of aliphatic carboxylic acids is 1. The number of rotatable bonds is 6. The van der Waals surface area contributed by atoms with Crippen molar-refractivity contribution in [3.63, 3.8) is 0 Å². The summed E-state index contributed by atoms with van der Waals surface area (Å²) < 4.78 is 12.8.